The van der Waals surface area contributed by atoms with Gasteiger partial charge in [-0.1, -0.05) is 6.92 Å². The van der Waals surface area contributed by atoms with E-state index in [0.29, 0.717) is 5.11 Å². The lowest BCUT2D eigenvalue weighted by Gasteiger charge is -2.10. The summed E-state index contributed by atoms with van der Waals surface area (Å²) in [4.78, 5) is 0. The number of alkyl halides is 2. The molecule has 2 N–H and O–H groups in total. The molecule has 0 fully saturated rings. The highest BCUT2D eigenvalue weighted by Crippen LogP contribution is 2.17. The number of halogens is 2. The SMILES string of the molecule is CCCNC(=S)Nc1ccc(OC(F)F)cc1. The highest BCUT2D eigenvalue weighted by Gasteiger charge is 2.03. The van der Waals surface area contributed by atoms with Crippen LogP contribution >= 0.6 is 12.2 Å². The van der Waals surface area contributed by atoms with Crippen LogP contribution in [0.4, 0.5) is 14.5 Å². The van der Waals surface area contributed by atoms with Crippen molar-refractivity contribution in [3.8, 4) is 5.75 Å². The van der Waals surface area contributed by atoms with E-state index in [2.05, 4.69) is 15.4 Å². The maximum absolute atomic E-state index is 11.9. The fourth-order valence-electron chi connectivity index (χ4n) is 1.13. The Balaban J connectivity index is 2.47. The number of rotatable bonds is 5. The summed E-state index contributed by atoms with van der Waals surface area (Å²) in [6, 6.07) is 6.16. The Morgan fingerprint density at radius 3 is 2.53 bits per heavy atom. The molecule has 0 saturated carbocycles. The van der Waals surface area contributed by atoms with Crippen LogP contribution in [0.25, 0.3) is 0 Å². The summed E-state index contributed by atoms with van der Waals surface area (Å²) in [5.41, 5.74) is 0.722. The first-order valence-electron chi connectivity index (χ1n) is 5.21. The molecule has 1 aromatic carbocycles. The van der Waals surface area contributed by atoms with Gasteiger partial charge in [0.15, 0.2) is 5.11 Å². The molecule has 17 heavy (non-hydrogen) atoms. The number of hydrogen-bond acceptors (Lipinski definition) is 2. The number of nitrogens with one attached hydrogen (secondary N) is 2. The molecule has 0 radical (unpaired) electrons. The fourth-order valence-corrected chi connectivity index (χ4v) is 1.35. The van der Waals surface area contributed by atoms with E-state index >= 15 is 0 Å². The molecule has 0 saturated heterocycles. The molecule has 0 heterocycles. The first kappa shape index (κ1) is 13.6. The Labute approximate surface area is 104 Å². The minimum atomic E-state index is -2.80. The quantitative estimate of drug-likeness (QED) is 0.797. The number of ether oxygens (including phenoxy) is 1. The zero-order valence-corrected chi connectivity index (χ0v) is 10.2. The Morgan fingerprint density at radius 1 is 1.35 bits per heavy atom. The Hall–Kier alpha value is -1.43. The predicted molar refractivity (Wildman–Crippen MR) is 67.6 cm³/mol. The van der Waals surface area contributed by atoms with Crippen molar-refractivity contribution in [3.63, 3.8) is 0 Å². The van der Waals surface area contributed by atoms with Crippen LogP contribution in [0.15, 0.2) is 24.3 Å². The first-order valence-corrected chi connectivity index (χ1v) is 5.62. The zero-order chi connectivity index (χ0) is 12.7. The van der Waals surface area contributed by atoms with Gasteiger partial charge in [-0.25, -0.2) is 0 Å². The lowest BCUT2D eigenvalue weighted by molar-refractivity contribution is -0.0498. The normalized spacial score (nSPS) is 10.1. The van der Waals surface area contributed by atoms with Crippen molar-refractivity contribution in [2.75, 3.05) is 11.9 Å². The molecule has 0 atom stereocenters. The van der Waals surface area contributed by atoms with E-state index < -0.39 is 6.61 Å². The van der Waals surface area contributed by atoms with Gasteiger partial charge in [0.1, 0.15) is 5.75 Å². The van der Waals surface area contributed by atoms with E-state index in [0.717, 1.165) is 18.7 Å². The molecular weight excluding hydrogens is 246 g/mol. The molecule has 0 aliphatic rings. The van der Waals surface area contributed by atoms with E-state index in [1.54, 1.807) is 12.1 Å². The average molecular weight is 260 g/mol. The number of anilines is 1. The van der Waals surface area contributed by atoms with Gasteiger partial charge in [0, 0.05) is 12.2 Å². The van der Waals surface area contributed by atoms with Gasteiger partial charge in [-0.15, -0.1) is 0 Å². The van der Waals surface area contributed by atoms with E-state index in [-0.39, 0.29) is 5.75 Å². The highest BCUT2D eigenvalue weighted by molar-refractivity contribution is 7.80. The van der Waals surface area contributed by atoms with E-state index in [1.807, 2.05) is 6.92 Å². The maximum Gasteiger partial charge on any atom is 0.387 e. The Kier molecular flexibility index (Phi) is 5.62. The van der Waals surface area contributed by atoms with Gasteiger partial charge in [-0.05, 0) is 42.9 Å². The van der Waals surface area contributed by atoms with E-state index in [4.69, 9.17) is 12.2 Å². The minimum absolute atomic E-state index is 0.123. The molecule has 94 valence electrons. The molecule has 0 aliphatic heterocycles. The molecule has 0 bridgehead atoms. The molecule has 1 rings (SSSR count). The lowest BCUT2D eigenvalue weighted by atomic mass is 10.3. The Morgan fingerprint density at radius 2 is 2.00 bits per heavy atom. The highest BCUT2D eigenvalue weighted by atomic mass is 32.1. The largest absolute Gasteiger partial charge is 0.435 e. The third-order valence-corrected chi connectivity index (χ3v) is 2.12. The van der Waals surface area contributed by atoms with Crippen LogP contribution in [-0.4, -0.2) is 18.3 Å². The second kappa shape index (κ2) is 7.01. The van der Waals surface area contributed by atoms with Crippen molar-refractivity contribution in [3.05, 3.63) is 24.3 Å². The standard InChI is InChI=1S/C11H14F2N2OS/c1-2-7-14-11(17)15-8-3-5-9(6-4-8)16-10(12)13/h3-6,10H,2,7H2,1H3,(H2,14,15,17). The average Bonchev–Trinajstić information content (AvgIpc) is 2.28. The summed E-state index contributed by atoms with van der Waals surface area (Å²) in [5, 5.41) is 6.44. The van der Waals surface area contributed by atoms with E-state index in [9.17, 15) is 8.78 Å². The van der Waals surface area contributed by atoms with Crippen LogP contribution in [0.2, 0.25) is 0 Å². The second-order valence-corrected chi connectivity index (χ2v) is 3.69. The summed E-state index contributed by atoms with van der Waals surface area (Å²) in [5.74, 6) is 0.123. The molecule has 6 heteroatoms. The van der Waals surface area contributed by atoms with Crippen molar-refractivity contribution in [1.29, 1.82) is 0 Å². The van der Waals surface area contributed by atoms with Crippen molar-refractivity contribution in [2.24, 2.45) is 0 Å². The number of hydrogen-bond donors (Lipinski definition) is 2. The van der Waals surface area contributed by atoms with Crippen LogP contribution in [0.5, 0.6) is 5.75 Å². The van der Waals surface area contributed by atoms with Crippen molar-refractivity contribution >= 4 is 23.0 Å². The molecule has 0 aliphatic carbocycles. The summed E-state index contributed by atoms with van der Waals surface area (Å²) >= 11 is 5.03. The molecular formula is C11H14F2N2OS. The summed E-state index contributed by atoms with van der Waals surface area (Å²) in [6.45, 7) is 0.0194. The van der Waals surface area contributed by atoms with E-state index in [1.165, 1.54) is 12.1 Å². The van der Waals surface area contributed by atoms with Crippen LogP contribution in [0.3, 0.4) is 0 Å². The second-order valence-electron chi connectivity index (χ2n) is 3.28. The lowest BCUT2D eigenvalue weighted by Crippen LogP contribution is -2.28. The van der Waals surface area contributed by atoms with Crippen molar-refractivity contribution in [1.82, 2.24) is 5.32 Å². The number of benzene rings is 1. The molecule has 3 nitrogen and oxygen atoms in total. The van der Waals surface area contributed by atoms with Crippen molar-refractivity contribution < 1.29 is 13.5 Å². The summed E-state index contributed by atoms with van der Waals surface area (Å²) in [7, 11) is 0. The summed E-state index contributed by atoms with van der Waals surface area (Å²) in [6.07, 6.45) is 0.975. The molecule has 0 unspecified atom stereocenters. The monoisotopic (exact) mass is 260 g/mol. The van der Waals surface area contributed by atoms with Gasteiger partial charge in [0.25, 0.3) is 0 Å². The number of thiocarbonyl (C=S) groups is 1. The van der Waals surface area contributed by atoms with Gasteiger partial charge >= 0.3 is 6.61 Å². The Bertz CT molecular complexity index is 357. The maximum atomic E-state index is 11.9. The summed E-state index contributed by atoms with van der Waals surface area (Å²) < 4.78 is 28.0. The topological polar surface area (TPSA) is 33.3 Å². The van der Waals surface area contributed by atoms with Gasteiger partial charge in [0.05, 0.1) is 0 Å². The smallest absolute Gasteiger partial charge is 0.387 e. The van der Waals surface area contributed by atoms with Crippen LogP contribution in [0, 0.1) is 0 Å². The van der Waals surface area contributed by atoms with Gasteiger partial charge in [-0.2, -0.15) is 8.78 Å². The third kappa shape index (κ3) is 5.44. The zero-order valence-electron chi connectivity index (χ0n) is 9.37. The fraction of sp³-hybridized carbons (Fsp3) is 0.364. The molecule has 1 aromatic rings. The first-order chi connectivity index (χ1) is 8.11. The minimum Gasteiger partial charge on any atom is -0.435 e. The molecule has 0 amide bonds. The van der Waals surface area contributed by atoms with Crippen molar-refractivity contribution in [2.45, 2.75) is 20.0 Å². The van der Waals surface area contributed by atoms with Gasteiger partial charge < -0.3 is 15.4 Å². The van der Waals surface area contributed by atoms with Crippen LogP contribution in [0.1, 0.15) is 13.3 Å². The van der Waals surface area contributed by atoms with Crippen LogP contribution < -0.4 is 15.4 Å². The molecule has 0 spiro atoms. The molecule has 0 aromatic heterocycles. The third-order valence-electron chi connectivity index (χ3n) is 1.87. The van der Waals surface area contributed by atoms with Gasteiger partial charge in [0.2, 0.25) is 0 Å². The predicted octanol–water partition coefficient (Wildman–Crippen LogP) is 2.98. The van der Waals surface area contributed by atoms with Crippen LogP contribution in [-0.2, 0) is 0 Å². The van der Waals surface area contributed by atoms with Gasteiger partial charge in [-0.3, -0.25) is 0 Å².